The highest BCUT2D eigenvalue weighted by atomic mass is 16.3. The summed E-state index contributed by atoms with van der Waals surface area (Å²) >= 11 is 0. The number of anilines is 6. The molecule has 0 unspecified atom stereocenters. The summed E-state index contributed by atoms with van der Waals surface area (Å²) in [6.45, 7) is 0. The number of hydrogen-bond acceptors (Lipinski definition) is 4. The van der Waals surface area contributed by atoms with Crippen molar-refractivity contribution in [3.8, 4) is 22.3 Å². The van der Waals surface area contributed by atoms with E-state index in [0.717, 1.165) is 99.5 Å². The van der Waals surface area contributed by atoms with Crippen molar-refractivity contribution in [2.24, 2.45) is 0 Å². The summed E-state index contributed by atoms with van der Waals surface area (Å²) in [7, 11) is 0. The Morgan fingerprint density at radius 1 is 0.217 bits per heavy atom. The van der Waals surface area contributed by atoms with Crippen molar-refractivity contribution in [3.05, 3.63) is 384 Å². The smallest absolute Gasteiger partial charge is 0.159 e. The van der Waals surface area contributed by atoms with Crippen molar-refractivity contribution in [2.45, 2.75) is 10.8 Å². The summed E-state index contributed by atoms with van der Waals surface area (Å²) in [5.41, 5.74) is 22.9. The van der Waals surface area contributed by atoms with E-state index >= 15 is 0 Å². The SMILES string of the molecule is c1ccc(N(c2ccc3cc4c(cc3c2)C(c2ccccc2)(c2ccccc2)c2cc3c(cc2-4)-c2cc4ccc(N(c5ccccc5)c5cccc6c5oc5ccccc56)cc4cc2C3(c2ccccc2)c2ccccc2)c2cccc3c2oc2ccccc23)cc1. The van der Waals surface area contributed by atoms with Crippen LogP contribution in [0.25, 0.3) is 87.7 Å². The van der Waals surface area contributed by atoms with Crippen LogP contribution in [0.3, 0.4) is 0 Å². The molecule has 0 amide bonds. The normalized spacial score (nSPS) is 13.4. The van der Waals surface area contributed by atoms with Crippen LogP contribution in [0.4, 0.5) is 34.1 Å². The lowest BCUT2D eigenvalue weighted by atomic mass is 9.64. The molecule has 2 heterocycles. The quantitative estimate of drug-likeness (QED) is 0.137. The first-order valence-electron chi connectivity index (χ1n) is 31.7. The number of furan rings is 2. The topological polar surface area (TPSA) is 32.8 Å². The van der Waals surface area contributed by atoms with Gasteiger partial charge in [-0.1, -0.05) is 237 Å². The molecule has 0 spiro atoms. The van der Waals surface area contributed by atoms with Crippen LogP contribution < -0.4 is 9.80 Å². The molecule has 0 saturated heterocycles. The maximum atomic E-state index is 6.78. The van der Waals surface area contributed by atoms with Crippen LogP contribution in [0.5, 0.6) is 0 Å². The van der Waals surface area contributed by atoms with Gasteiger partial charge in [-0.2, -0.15) is 0 Å². The number of nitrogens with zero attached hydrogens (tertiary/aromatic N) is 2. The van der Waals surface area contributed by atoms with Crippen LogP contribution in [-0.4, -0.2) is 0 Å². The lowest BCUT2D eigenvalue weighted by molar-refractivity contribution is 0.668. The number of fused-ring (bicyclic) bond motifs is 14. The molecule has 0 fully saturated rings. The van der Waals surface area contributed by atoms with E-state index in [1.54, 1.807) is 0 Å². The maximum Gasteiger partial charge on any atom is 0.159 e. The van der Waals surface area contributed by atoms with Gasteiger partial charge in [0, 0.05) is 44.3 Å². The third-order valence-electron chi connectivity index (χ3n) is 19.9. The first-order chi connectivity index (χ1) is 45.6. The van der Waals surface area contributed by atoms with E-state index in [9.17, 15) is 0 Å². The van der Waals surface area contributed by atoms with Gasteiger partial charge in [-0.05, 0) is 191 Å². The van der Waals surface area contributed by atoms with Crippen molar-refractivity contribution in [1.29, 1.82) is 0 Å². The largest absolute Gasteiger partial charge is 0.454 e. The van der Waals surface area contributed by atoms with Crippen LogP contribution in [0, 0.1) is 0 Å². The standard InChI is InChI=1S/C88H56N2O2/c1-7-25-61(26-8-1)87(62-27-9-2-10-28-62)77-53-59-49-67(89(65-33-15-5-16-34-65)81-41-23-39-71-69-37-19-21-43-83(69)91-85(71)81)47-45-57(59)51-73(77)75-55-76-74-52-58-46-48-68(90(66-35-17-6-18-36-66)82-42-24-40-72-70-38-20-22-44-84(70)92-86(72)82)50-60(58)54-78(74)88(80(76)56-79(75)87,63-29-11-3-12-30-63)64-31-13-4-14-32-64/h1-56H. The third kappa shape index (κ3) is 7.52. The summed E-state index contributed by atoms with van der Waals surface area (Å²) in [6.07, 6.45) is 0. The molecule has 92 heavy (non-hydrogen) atoms. The maximum absolute atomic E-state index is 6.78. The molecular formula is C88H56N2O2. The molecule has 2 aliphatic carbocycles. The highest BCUT2D eigenvalue weighted by Gasteiger charge is 2.52. The highest BCUT2D eigenvalue weighted by Crippen LogP contribution is 2.64. The zero-order valence-corrected chi connectivity index (χ0v) is 50.0. The van der Waals surface area contributed by atoms with Crippen molar-refractivity contribution in [1.82, 2.24) is 0 Å². The first kappa shape index (κ1) is 52.0. The summed E-state index contributed by atoms with van der Waals surface area (Å²) < 4.78 is 13.6. The molecule has 0 bridgehead atoms. The summed E-state index contributed by atoms with van der Waals surface area (Å²) in [4.78, 5) is 4.71. The highest BCUT2D eigenvalue weighted by molar-refractivity contribution is 6.12. The van der Waals surface area contributed by atoms with Gasteiger partial charge >= 0.3 is 0 Å². The van der Waals surface area contributed by atoms with Crippen molar-refractivity contribution in [2.75, 3.05) is 9.80 Å². The lowest BCUT2D eigenvalue weighted by Gasteiger charge is -2.37. The van der Waals surface area contributed by atoms with E-state index in [1.807, 2.05) is 12.1 Å². The van der Waals surface area contributed by atoms with Crippen LogP contribution in [0.1, 0.15) is 44.5 Å². The second-order valence-electron chi connectivity index (χ2n) is 24.6. The number of benzene rings is 15. The molecule has 4 nitrogen and oxygen atoms in total. The summed E-state index contributed by atoms with van der Waals surface area (Å²) in [6, 6.07) is 125. The van der Waals surface area contributed by atoms with Gasteiger partial charge in [-0.25, -0.2) is 0 Å². The second-order valence-corrected chi connectivity index (χ2v) is 24.6. The van der Waals surface area contributed by atoms with Gasteiger partial charge in [0.1, 0.15) is 11.2 Å². The van der Waals surface area contributed by atoms with E-state index in [-0.39, 0.29) is 0 Å². The van der Waals surface area contributed by atoms with Gasteiger partial charge in [-0.15, -0.1) is 0 Å². The molecule has 0 atom stereocenters. The predicted octanol–water partition coefficient (Wildman–Crippen LogP) is 23.5. The van der Waals surface area contributed by atoms with Crippen LogP contribution >= 0.6 is 0 Å². The van der Waals surface area contributed by atoms with Crippen molar-refractivity contribution in [3.63, 3.8) is 0 Å². The van der Waals surface area contributed by atoms with E-state index in [2.05, 4.69) is 337 Å². The molecule has 2 aliphatic rings. The fraction of sp³-hybridized carbons (Fsp3) is 0.0227. The fourth-order valence-corrected chi connectivity index (χ4v) is 16.0. The molecule has 430 valence electrons. The second kappa shape index (κ2) is 20.3. The van der Waals surface area contributed by atoms with Gasteiger partial charge in [-0.3, -0.25) is 0 Å². The Bertz CT molecular complexity index is 5330. The van der Waals surface area contributed by atoms with Gasteiger partial charge in [0.05, 0.1) is 22.2 Å². The monoisotopic (exact) mass is 1170 g/mol. The Hall–Kier alpha value is -12.0. The Kier molecular flexibility index (Phi) is 11.5. The molecule has 0 aliphatic heterocycles. The lowest BCUT2D eigenvalue weighted by Crippen LogP contribution is -2.31. The van der Waals surface area contributed by atoms with Crippen LogP contribution in [0.2, 0.25) is 0 Å². The number of rotatable bonds is 10. The van der Waals surface area contributed by atoms with E-state index < -0.39 is 10.8 Å². The molecule has 4 heteroatoms. The van der Waals surface area contributed by atoms with E-state index in [4.69, 9.17) is 8.83 Å². The first-order valence-corrected chi connectivity index (χ1v) is 31.7. The van der Waals surface area contributed by atoms with Crippen LogP contribution in [-0.2, 0) is 10.8 Å². The predicted molar refractivity (Wildman–Crippen MR) is 380 cm³/mol. The minimum Gasteiger partial charge on any atom is -0.454 e. The minimum atomic E-state index is -0.734. The van der Waals surface area contributed by atoms with Crippen LogP contribution in [0.15, 0.2) is 349 Å². The minimum absolute atomic E-state index is 0.734. The summed E-state index contributed by atoms with van der Waals surface area (Å²) in [5, 5.41) is 9.01. The zero-order chi connectivity index (χ0) is 60.5. The molecular weight excluding hydrogens is 1120 g/mol. The Morgan fingerprint density at radius 2 is 0.543 bits per heavy atom. The average molecular weight is 1170 g/mol. The Morgan fingerprint density at radius 3 is 0.935 bits per heavy atom. The van der Waals surface area contributed by atoms with E-state index in [1.165, 1.54) is 66.8 Å². The number of para-hydroxylation sites is 6. The summed E-state index contributed by atoms with van der Waals surface area (Å²) in [5.74, 6) is 0. The molecule has 15 aromatic carbocycles. The van der Waals surface area contributed by atoms with Crippen molar-refractivity contribution < 1.29 is 8.83 Å². The molecule has 0 saturated carbocycles. The zero-order valence-electron chi connectivity index (χ0n) is 50.0. The molecule has 19 rings (SSSR count). The molecule has 0 radical (unpaired) electrons. The third-order valence-corrected chi connectivity index (χ3v) is 19.9. The average Bonchev–Trinajstić information content (AvgIpc) is 1.51. The number of hydrogen-bond donors (Lipinski definition) is 0. The van der Waals surface area contributed by atoms with Crippen molar-refractivity contribution >= 4 is 99.5 Å². The molecule has 17 aromatic rings. The van der Waals surface area contributed by atoms with Gasteiger partial charge in [0.15, 0.2) is 11.2 Å². The molecule has 2 aromatic heterocycles. The fourth-order valence-electron chi connectivity index (χ4n) is 16.0. The van der Waals surface area contributed by atoms with Gasteiger partial charge in [0.2, 0.25) is 0 Å². The Labute approximate surface area is 532 Å². The van der Waals surface area contributed by atoms with E-state index in [0.29, 0.717) is 0 Å². The molecule has 0 N–H and O–H groups in total. The van der Waals surface area contributed by atoms with Gasteiger partial charge < -0.3 is 18.6 Å². The van der Waals surface area contributed by atoms with Gasteiger partial charge in [0.25, 0.3) is 0 Å². The Balaban J connectivity index is 0.862.